The third-order valence-electron chi connectivity index (χ3n) is 2.89. The third kappa shape index (κ3) is 5.40. The minimum Gasteiger partial charge on any atom is -0.355 e. The molecular formula is C15H23N3O2. The molecule has 0 spiro atoms. The van der Waals surface area contributed by atoms with Crippen LogP contribution in [0, 0.1) is 0 Å². The van der Waals surface area contributed by atoms with E-state index in [0.717, 1.165) is 24.9 Å². The van der Waals surface area contributed by atoms with Gasteiger partial charge in [-0.05, 0) is 38.1 Å². The van der Waals surface area contributed by atoms with Crippen molar-refractivity contribution in [2.24, 2.45) is 0 Å². The number of likely N-dealkylation sites (N-methyl/N-ethyl adjacent to an activating group) is 1. The third-order valence-corrected chi connectivity index (χ3v) is 2.89. The number of hydrogen-bond acceptors (Lipinski definition) is 3. The van der Waals surface area contributed by atoms with Gasteiger partial charge in [0.25, 0.3) is 5.91 Å². The molecule has 5 heteroatoms. The fourth-order valence-electron chi connectivity index (χ4n) is 1.80. The molecule has 0 aromatic heterocycles. The number of carbonyl (C=O) groups excluding carboxylic acids is 2. The quantitative estimate of drug-likeness (QED) is 0.655. The topological polar surface area (TPSA) is 70.2 Å². The molecule has 0 saturated carbocycles. The van der Waals surface area contributed by atoms with E-state index in [4.69, 9.17) is 0 Å². The molecule has 1 rings (SSSR count). The van der Waals surface area contributed by atoms with Crippen molar-refractivity contribution >= 4 is 11.8 Å². The molecule has 2 amide bonds. The lowest BCUT2D eigenvalue weighted by atomic mass is 10.0. The first kappa shape index (κ1) is 16.2. The smallest absolute Gasteiger partial charge is 0.251 e. The van der Waals surface area contributed by atoms with Crippen LogP contribution in [-0.2, 0) is 11.2 Å². The average molecular weight is 277 g/mol. The number of rotatable bonds is 8. The van der Waals surface area contributed by atoms with Crippen molar-refractivity contribution in [2.45, 2.75) is 19.8 Å². The second-order valence-corrected chi connectivity index (χ2v) is 4.54. The van der Waals surface area contributed by atoms with E-state index in [1.807, 2.05) is 32.2 Å². The van der Waals surface area contributed by atoms with E-state index in [2.05, 4.69) is 16.0 Å². The lowest BCUT2D eigenvalue weighted by Gasteiger charge is -2.10. The molecule has 3 N–H and O–H groups in total. The summed E-state index contributed by atoms with van der Waals surface area (Å²) in [7, 11) is 1.88. The van der Waals surface area contributed by atoms with Gasteiger partial charge in [0.05, 0.1) is 6.54 Å². The van der Waals surface area contributed by atoms with E-state index in [1.165, 1.54) is 0 Å². The van der Waals surface area contributed by atoms with Gasteiger partial charge >= 0.3 is 0 Å². The first-order valence-corrected chi connectivity index (χ1v) is 6.96. The summed E-state index contributed by atoms with van der Waals surface area (Å²) in [4.78, 5) is 23.6. The van der Waals surface area contributed by atoms with Gasteiger partial charge in [0.15, 0.2) is 0 Å². The molecule has 5 nitrogen and oxygen atoms in total. The Balaban J connectivity index is 2.56. The number of carbonyl (C=O) groups is 2. The highest BCUT2D eigenvalue weighted by molar-refractivity contribution is 5.97. The summed E-state index contributed by atoms with van der Waals surface area (Å²) in [5.41, 5.74) is 1.61. The standard InChI is InChI=1S/C15H23N3O2/c1-3-9-17-14(19)11-18-15(20)13-7-5-4-6-12(13)8-10-16-2/h4-7,16H,3,8-11H2,1-2H3,(H,17,19)(H,18,20). The zero-order valence-electron chi connectivity index (χ0n) is 12.2. The lowest BCUT2D eigenvalue weighted by Crippen LogP contribution is -2.37. The Hall–Kier alpha value is -1.88. The molecule has 0 unspecified atom stereocenters. The maximum Gasteiger partial charge on any atom is 0.251 e. The Bertz CT molecular complexity index is 446. The number of hydrogen-bond donors (Lipinski definition) is 3. The molecule has 0 fully saturated rings. The van der Waals surface area contributed by atoms with Crippen molar-refractivity contribution in [1.82, 2.24) is 16.0 Å². The predicted octanol–water partition coefficient (Wildman–Crippen LogP) is 0.704. The van der Waals surface area contributed by atoms with Crippen LogP contribution in [0.5, 0.6) is 0 Å². The molecule has 0 atom stereocenters. The SMILES string of the molecule is CCCNC(=O)CNC(=O)c1ccccc1CCNC. The van der Waals surface area contributed by atoms with E-state index >= 15 is 0 Å². The van der Waals surface area contributed by atoms with Crippen LogP contribution in [0.25, 0.3) is 0 Å². The van der Waals surface area contributed by atoms with Crippen molar-refractivity contribution in [2.75, 3.05) is 26.7 Å². The Morgan fingerprint density at radius 2 is 1.85 bits per heavy atom. The van der Waals surface area contributed by atoms with Crippen molar-refractivity contribution in [3.8, 4) is 0 Å². The maximum absolute atomic E-state index is 12.1. The lowest BCUT2D eigenvalue weighted by molar-refractivity contribution is -0.120. The highest BCUT2D eigenvalue weighted by Crippen LogP contribution is 2.09. The summed E-state index contributed by atoms with van der Waals surface area (Å²) >= 11 is 0. The Morgan fingerprint density at radius 1 is 1.10 bits per heavy atom. The zero-order chi connectivity index (χ0) is 14.8. The van der Waals surface area contributed by atoms with Crippen LogP contribution in [-0.4, -0.2) is 38.5 Å². The van der Waals surface area contributed by atoms with E-state index in [-0.39, 0.29) is 18.4 Å². The predicted molar refractivity (Wildman–Crippen MR) is 79.7 cm³/mol. The monoisotopic (exact) mass is 277 g/mol. The normalized spacial score (nSPS) is 10.1. The summed E-state index contributed by atoms with van der Waals surface area (Å²) in [6.07, 6.45) is 1.66. The first-order chi connectivity index (χ1) is 9.69. The maximum atomic E-state index is 12.1. The molecule has 0 radical (unpaired) electrons. The Kier molecular flexibility index (Phi) is 7.35. The van der Waals surface area contributed by atoms with Gasteiger partial charge < -0.3 is 16.0 Å². The highest BCUT2D eigenvalue weighted by atomic mass is 16.2. The number of amides is 2. The molecule has 0 heterocycles. The average Bonchev–Trinajstić information content (AvgIpc) is 2.48. The molecule has 1 aromatic rings. The van der Waals surface area contributed by atoms with Crippen molar-refractivity contribution in [3.05, 3.63) is 35.4 Å². The minimum atomic E-state index is -0.205. The van der Waals surface area contributed by atoms with Crippen LogP contribution in [0.3, 0.4) is 0 Å². The molecule has 0 aliphatic carbocycles. The van der Waals surface area contributed by atoms with Gasteiger partial charge in [0.1, 0.15) is 0 Å². The van der Waals surface area contributed by atoms with Crippen LogP contribution in [0.4, 0.5) is 0 Å². The van der Waals surface area contributed by atoms with Gasteiger partial charge in [-0.3, -0.25) is 9.59 Å². The van der Waals surface area contributed by atoms with Gasteiger partial charge in [-0.25, -0.2) is 0 Å². The van der Waals surface area contributed by atoms with Crippen molar-refractivity contribution < 1.29 is 9.59 Å². The molecule has 0 aliphatic heterocycles. The van der Waals surface area contributed by atoms with Crippen molar-refractivity contribution in [3.63, 3.8) is 0 Å². The van der Waals surface area contributed by atoms with E-state index in [1.54, 1.807) is 6.07 Å². The van der Waals surface area contributed by atoms with Gasteiger partial charge in [0, 0.05) is 12.1 Å². The fraction of sp³-hybridized carbons (Fsp3) is 0.467. The van der Waals surface area contributed by atoms with Crippen LogP contribution in [0.1, 0.15) is 29.3 Å². The fourth-order valence-corrected chi connectivity index (χ4v) is 1.80. The summed E-state index contributed by atoms with van der Waals surface area (Å²) in [6.45, 7) is 3.44. The summed E-state index contributed by atoms with van der Waals surface area (Å²) in [5.74, 6) is -0.365. The van der Waals surface area contributed by atoms with Gasteiger partial charge in [0.2, 0.25) is 5.91 Å². The summed E-state index contributed by atoms with van der Waals surface area (Å²) in [6, 6.07) is 7.46. The Labute approximate surface area is 120 Å². The number of nitrogens with one attached hydrogen (secondary N) is 3. The minimum absolute atomic E-state index is 0.0131. The van der Waals surface area contributed by atoms with Gasteiger partial charge in [-0.1, -0.05) is 25.1 Å². The Morgan fingerprint density at radius 3 is 2.55 bits per heavy atom. The van der Waals surface area contributed by atoms with E-state index < -0.39 is 0 Å². The van der Waals surface area contributed by atoms with E-state index in [0.29, 0.717) is 12.1 Å². The molecular weight excluding hydrogens is 254 g/mol. The van der Waals surface area contributed by atoms with Gasteiger partial charge in [-0.15, -0.1) is 0 Å². The second-order valence-electron chi connectivity index (χ2n) is 4.54. The van der Waals surface area contributed by atoms with Gasteiger partial charge in [-0.2, -0.15) is 0 Å². The number of benzene rings is 1. The largest absolute Gasteiger partial charge is 0.355 e. The molecule has 110 valence electrons. The van der Waals surface area contributed by atoms with Crippen molar-refractivity contribution in [1.29, 1.82) is 0 Å². The highest BCUT2D eigenvalue weighted by Gasteiger charge is 2.11. The molecule has 0 bridgehead atoms. The molecule has 1 aromatic carbocycles. The molecule has 20 heavy (non-hydrogen) atoms. The van der Waals surface area contributed by atoms with E-state index in [9.17, 15) is 9.59 Å². The van der Waals surface area contributed by atoms with Crippen LogP contribution in [0.2, 0.25) is 0 Å². The first-order valence-electron chi connectivity index (χ1n) is 6.96. The molecule has 0 aliphatic rings. The summed E-state index contributed by atoms with van der Waals surface area (Å²) in [5, 5.41) is 8.44. The summed E-state index contributed by atoms with van der Waals surface area (Å²) < 4.78 is 0. The second kappa shape index (κ2) is 9.09. The van der Waals surface area contributed by atoms with Crippen LogP contribution < -0.4 is 16.0 Å². The van der Waals surface area contributed by atoms with Crippen LogP contribution in [0.15, 0.2) is 24.3 Å². The van der Waals surface area contributed by atoms with Crippen LogP contribution >= 0.6 is 0 Å². The zero-order valence-corrected chi connectivity index (χ0v) is 12.2. The molecule has 0 saturated heterocycles.